The molecule has 0 aliphatic heterocycles. The number of nitrogens with zero attached hydrogens (tertiary/aromatic N) is 2. The summed E-state index contributed by atoms with van der Waals surface area (Å²) in [6.45, 7) is 4.02. The summed E-state index contributed by atoms with van der Waals surface area (Å²) < 4.78 is 6.27. The molecule has 6 nitrogen and oxygen atoms in total. The van der Waals surface area contributed by atoms with Crippen molar-refractivity contribution in [2.75, 3.05) is 11.9 Å². The van der Waals surface area contributed by atoms with E-state index in [9.17, 15) is 9.59 Å². The molecule has 0 saturated heterocycles. The van der Waals surface area contributed by atoms with Crippen LogP contribution in [-0.4, -0.2) is 28.3 Å². The molecule has 22 heavy (non-hydrogen) atoms. The van der Waals surface area contributed by atoms with Gasteiger partial charge in [0.15, 0.2) is 5.69 Å². The second-order valence-corrected chi connectivity index (χ2v) is 4.72. The molecule has 6 heteroatoms. The van der Waals surface area contributed by atoms with Gasteiger partial charge >= 0.3 is 5.97 Å². The standard InChI is InChI=1S/C16H19N3O3/c1-4-11-8-6-7-9-12(11)17-15(20)13-10-14(19(3)18-13)16(21)22-5-2/h6-10H,4-5H2,1-3H3,(H,17,20). The number of amides is 1. The van der Waals surface area contributed by atoms with Crippen LogP contribution in [0.15, 0.2) is 30.3 Å². The fraction of sp³-hybridized carbons (Fsp3) is 0.312. The molecule has 2 aromatic rings. The Labute approximate surface area is 129 Å². The number of nitrogens with one attached hydrogen (secondary N) is 1. The molecule has 1 amide bonds. The number of ether oxygens (including phenoxy) is 1. The molecule has 1 N–H and O–H groups in total. The lowest BCUT2D eigenvalue weighted by Crippen LogP contribution is -2.14. The van der Waals surface area contributed by atoms with Crippen molar-refractivity contribution in [3.8, 4) is 0 Å². The summed E-state index contributed by atoms with van der Waals surface area (Å²) in [5.74, 6) is -0.849. The highest BCUT2D eigenvalue weighted by Crippen LogP contribution is 2.16. The molecule has 0 bridgehead atoms. The van der Waals surface area contributed by atoms with Crippen LogP contribution in [0.4, 0.5) is 5.69 Å². The maximum Gasteiger partial charge on any atom is 0.356 e. The predicted molar refractivity (Wildman–Crippen MR) is 82.9 cm³/mol. The zero-order valence-corrected chi connectivity index (χ0v) is 12.9. The van der Waals surface area contributed by atoms with Gasteiger partial charge in [-0.3, -0.25) is 9.48 Å². The Morgan fingerprint density at radius 1 is 1.27 bits per heavy atom. The van der Waals surface area contributed by atoms with E-state index in [2.05, 4.69) is 10.4 Å². The number of esters is 1. The summed E-state index contributed by atoms with van der Waals surface area (Å²) in [7, 11) is 1.60. The average molecular weight is 301 g/mol. The maximum absolute atomic E-state index is 12.3. The highest BCUT2D eigenvalue weighted by atomic mass is 16.5. The second kappa shape index (κ2) is 6.89. The van der Waals surface area contributed by atoms with E-state index >= 15 is 0 Å². The Balaban J connectivity index is 2.20. The summed E-state index contributed by atoms with van der Waals surface area (Å²) in [6, 6.07) is 9.01. The second-order valence-electron chi connectivity index (χ2n) is 4.72. The van der Waals surface area contributed by atoms with Crippen molar-refractivity contribution in [2.45, 2.75) is 20.3 Å². The summed E-state index contributed by atoms with van der Waals surface area (Å²) in [4.78, 5) is 24.0. The number of hydrogen-bond donors (Lipinski definition) is 1. The van der Waals surface area contributed by atoms with Gasteiger partial charge in [-0.05, 0) is 25.0 Å². The topological polar surface area (TPSA) is 73.2 Å². The molecule has 0 aliphatic carbocycles. The minimum Gasteiger partial charge on any atom is -0.461 e. The van der Waals surface area contributed by atoms with Crippen molar-refractivity contribution in [1.82, 2.24) is 9.78 Å². The largest absolute Gasteiger partial charge is 0.461 e. The Bertz CT molecular complexity index is 692. The maximum atomic E-state index is 12.3. The van der Waals surface area contributed by atoms with Gasteiger partial charge in [0.2, 0.25) is 0 Å². The molecule has 1 aromatic heterocycles. The number of aryl methyl sites for hydroxylation is 2. The first-order chi connectivity index (χ1) is 10.6. The molecule has 0 radical (unpaired) electrons. The van der Waals surface area contributed by atoms with E-state index in [1.165, 1.54) is 10.7 Å². The summed E-state index contributed by atoms with van der Waals surface area (Å²) in [5, 5.41) is 6.89. The number of anilines is 1. The minimum absolute atomic E-state index is 0.177. The lowest BCUT2D eigenvalue weighted by atomic mass is 10.1. The van der Waals surface area contributed by atoms with Crippen LogP contribution in [-0.2, 0) is 18.2 Å². The molecule has 0 fully saturated rings. The molecule has 0 atom stereocenters. The normalized spacial score (nSPS) is 10.3. The third-order valence-electron chi connectivity index (χ3n) is 3.24. The fourth-order valence-electron chi connectivity index (χ4n) is 2.11. The molecule has 0 aliphatic rings. The SMILES string of the molecule is CCOC(=O)c1cc(C(=O)Nc2ccccc2CC)nn1C. The zero-order valence-electron chi connectivity index (χ0n) is 12.9. The number of carbonyl (C=O) groups excluding carboxylic acids is 2. The van der Waals surface area contributed by atoms with Gasteiger partial charge in [0, 0.05) is 18.8 Å². The Morgan fingerprint density at radius 3 is 2.68 bits per heavy atom. The van der Waals surface area contributed by atoms with Crippen LogP contribution < -0.4 is 5.32 Å². The molecule has 0 spiro atoms. The number of aromatic nitrogens is 2. The van der Waals surface area contributed by atoms with Crippen molar-refractivity contribution < 1.29 is 14.3 Å². The average Bonchev–Trinajstić information content (AvgIpc) is 2.90. The molecule has 116 valence electrons. The molecular weight excluding hydrogens is 282 g/mol. The first-order valence-corrected chi connectivity index (χ1v) is 7.17. The molecule has 1 heterocycles. The van der Waals surface area contributed by atoms with E-state index in [0.717, 1.165) is 17.7 Å². The molecule has 0 unspecified atom stereocenters. The van der Waals surface area contributed by atoms with E-state index < -0.39 is 5.97 Å². The van der Waals surface area contributed by atoms with E-state index in [0.29, 0.717) is 0 Å². The van der Waals surface area contributed by atoms with Gasteiger partial charge in [0.25, 0.3) is 5.91 Å². The lowest BCUT2D eigenvalue weighted by molar-refractivity contribution is 0.0513. The molecule has 2 rings (SSSR count). The van der Waals surface area contributed by atoms with Gasteiger partial charge in [-0.1, -0.05) is 25.1 Å². The summed E-state index contributed by atoms with van der Waals surface area (Å²) in [6.07, 6.45) is 0.812. The quantitative estimate of drug-likeness (QED) is 0.861. The lowest BCUT2D eigenvalue weighted by Gasteiger charge is -2.08. The predicted octanol–water partition coefficient (Wildman–Crippen LogP) is 2.41. The first-order valence-electron chi connectivity index (χ1n) is 7.17. The monoisotopic (exact) mass is 301 g/mol. The van der Waals surface area contributed by atoms with Crippen LogP contribution in [0.2, 0.25) is 0 Å². The van der Waals surface area contributed by atoms with Gasteiger partial charge in [0.05, 0.1) is 6.61 Å². The third kappa shape index (κ3) is 3.33. The Morgan fingerprint density at radius 2 is 2.00 bits per heavy atom. The number of rotatable bonds is 5. The Kier molecular flexibility index (Phi) is 4.93. The van der Waals surface area contributed by atoms with Crippen molar-refractivity contribution in [2.24, 2.45) is 7.05 Å². The van der Waals surface area contributed by atoms with E-state index in [1.54, 1.807) is 14.0 Å². The van der Waals surface area contributed by atoms with Crippen LogP contribution in [0.25, 0.3) is 0 Å². The van der Waals surface area contributed by atoms with Gasteiger partial charge in [0.1, 0.15) is 5.69 Å². The minimum atomic E-state index is -0.495. The third-order valence-corrected chi connectivity index (χ3v) is 3.24. The van der Waals surface area contributed by atoms with Crippen molar-refractivity contribution >= 4 is 17.6 Å². The highest BCUT2D eigenvalue weighted by Gasteiger charge is 2.18. The van der Waals surface area contributed by atoms with E-state index in [4.69, 9.17) is 4.74 Å². The van der Waals surface area contributed by atoms with Crippen molar-refractivity contribution in [3.63, 3.8) is 0 Å². The van der Waals surface area contributed by atoms with E-state index in [1.807, 2.05) is 31.2 Å². The van der Waals surface area contributed by atoms with Gasteiger partial charge in [-0.15, -0.1) is 0 Å². The molecule has 0 saturated carbocycles. The molecule has 1 aromatic carbocycles. The van der Waals surface area contributed by atoms with E-state index in [-0.39, 0.29) is 23.9 Å². The van der Waals surface area contributed by atoms with Crippen LogP contribution in [0.5, 0.6) is 0 Å². The first kappa shape index (κ1) is 15.8. The highest BCUT2D eigenvalue weighted by molar-refractivity contribution is 6.04. The summed E-state index contributed by atoms with van der Waals surface area (Å²) >= 11 is 0. The Hall–Kier alpha value is -2.63. The van der Waals surface area contributed by atoms with Crippen LogP contribution >= 0.6 is 0 Å². The number of carbonyl (C=O) groups is 2. The zero-order chi connectivity index (χ0) is 16.1. The number of benzene rings is 1. The fourth-order valence-corrected chi connectivity index (χ4v) is 2.11. The summed E-state index contributed by atoms with van der Waals surface area (Å²) in [5.41, 5.74) is 2.21. The number of hydrogen-bond acceptors (Lipinski definition) is 4. The van der Waals surface area contributed by atoms with Crippen molar-refractivity contribution in [1.29, 1.82) is 0 Å². The van der Waals surface area contributed by atoms with Crippen molar-refractivity contribution in [3.05, 3.63) is 47.3 Å². The van der Waals surface area contributed by atoms with Crippen LogP contribution in [0, 0.1) is 0 Å². The smallest absolute Gasteiger partial charge is 0.356 e. The van der Waals surface area contributed by atoms with Gasteiger partial charge in [-0.2, -0.15) is 5.10 Å². The van der Waals surface area contributed by atoms with Gasteiger partial charge in [-0.25, -0.2) is 4.79 Å². The van der Waals surface area contributed by atoms with Crippen LogP contribution in [0.3, 0.4) is 0 Å². The van der Waals surface area contributed by atoms with Gasteiger partial charge < -0.3 is 10.1 Å². The number of para-hydroxylation sites is 1. The van der Waals surface area contributed by atoms with Crippen LogP contribution in [0.1, 0.15) is 40.4 Å². The molecular formula is C16H19N3O3.